The van der Waals surface area contributed by atoms with Crippen LogP contribution in [0.25, 0.3) is 11.1 Å². The molecule has 2 aromatic rings. The van der Waals surface area contributed by atoms with E-state index in [0.717, 1.165) is 16.7 Å². The van der Waals surface area contributed by atoms with E-state index in [1.807, 2.05) is 24.3 Å². The molecule has 158 valence electrons. The number of aryl methyl sites for hydroxylation is 1. The summed E-state index contributed by atoms with van der Waals surface area (Å²) in [7, 11) is -3.01. The number of carbonyl (C=O) groups excluding carboxylic acids is 1. The predicted molar refractivity (Wildman–Crippen MR) is 114 cm³/mol. The zero-order valence-electron chi connectivity index (χ0n) is 15.7. The summed E-state index contributed by atoms with van der Waals surface area (Å²) in [5, 5.41) is 12.6. The second kappa shape index (κ2) is 10.4. The Hall–Kier alpha value is -1.67. The first kappa shape index (κ1) is 23.6. The Bertz CT molecular complexity index is 919. The van der Waals surface area contributed by atoms with E-state index in [0.29, 0.717) is 12.0 Å². The summed E-state index contributed by atoms with van der Waals surface area (Å²) in [5.74, 6) is -0.679. The number of nitrogens with one attached hydrogen (secondary N) is 1. The molecule has 9 heteroatoms. The van der Waals surface area contributed by atoms with Crippen LogP contribution in [-0.4, -0.2) is 49.0 Å². The van der Waals surface area contributed by atoms with Gasteiger partial charge >= 0.3 is 0 Å². The Labute approximate surface area is 179 Å². The van der Waals surface area contributed by atoms with Crippen LogP contribution in [0.15, 0.2) is 48.5 Å². The molecule has 0 spiro atoms. The van der Waals surface area contributed by atoms with Crippen LogP contribution >= 0.6 is 23.2 Å². The fraction of sp³-hybridized carbons (Fsp3) is 0.350. The average molecular weight is 462 g/mol. The number of aliphatic hydroxyl groups excluding tert-OH is 1. The van der Waals surface area contributed by atoms with E-state index < -0.39 is 39.4 Å². The van der Waals surface area contributed by atoms with Crippen molar-refractivity contribution >= 4 is 38.9 Å². The van der Waals surface area contributed by atoms with Crippen molar-refractivity contribution in [1.29, 1.82) is 0 Å². The van der Waals surface area contributed by atoms with E-state index in [1.165, 1.54) is 6.26 Å². The third-order valence-electron chi connectivity index (χ3n) is 4.37. The quantitative estimate of drug-likeness (QED) is 0.561. The maximum Gasteiger partial charge on any atom is 0.253 e. The van der Waals surface area contributed by atoms with Gasteiger partial charge in [-0.25, -0.2) is 12.8 Å². The minimum absolute atomic E-state index is 0.0966. The number of benzene rings is 2. The average Bonchev–Trinajstić information content (AvgIpc) is 2.69. The number of carbonyl (C=O) groups is 1. The number of amides is 1. The number of sulfone groups is 1. The molecule has 0 heterocycles. The SMILES string of the molecule is CS(=O)(=O)CCc1ccc(-c2ccc([C@@H](O)[C@@H](CF)NC(=O)C(Cl)Cl)cc2)cc1. The van der Waals surface area contributed by atoms with Crippen LogP contribution in [0.4, 0.5) is 4.39 Å². The molecule has 1 amide bonds. The largest absolute Gasteiger partial charge is 0.386 e. The summed E-state index contributed by atoms with van der Waals surface area (Å²) in [5.41, 5.74) is 3.14. The number of aliphatic hydroxyl groups is 1. The van der Waals surface area contributed by atoms with Crippen LogP contribution in [0.5, 0.6) is 0 Å². The smallest absolute Gasteiger partial charge is 0.253 e. The fourth-order valence-corrected chi connectivity index (χ4v) is 3.45. The molecule has 0 unspecified atom stereocenters. The zero-order valence-corrected chi connectivity index (χ0v) is 18.0. The van der Waals surface area contributed by atoms with Gasteiger partial charge in [-0.15, -0.1) is 0 Å². The minimum Gasteiger partial charge on any atom is -0.386 e. The highest BCUT2D eigenvalue weighted by molar-refractivity contribution is 7.90. The zero-order chi connectivity index (χ0) is 21.6. The molecule has 2 atom stereocenters. The summed E-state index contributed by atoms with van der Waals surface area (Å²) in [6.07, 6.45) is 0.398. The van der Waals surface area contributed by atoms with Gasteiger partial charge in [0.15, 0.2) is 4.84 Å². The van der Waals surface area contributed by atoms with Crippen LogP contribution in [0, 0.1) is 0 Å². The third kappa shape index (κ3) is 7.26. The van der Waals surface area contributed by atoms with E-state index in [1.54, 1.807) is 24.3 Å². The summed E-state index contributed by atoms with van der Waals surface area (Å²) < 4.78 is 35.8. The lowest BCUT2D eigenvalue weighted by Crippen LogP contribution is -2.43. The van der Waals surface area contributed by atoms with Gasteiger partial charge in [0.1, 0.15) is 22.6 Å². The highest BCUT2D eigenvalue weighted by Crippen LogP contribution is 2.24. The van der Waals surface area contributed by atoms with Gasteiger partial charge in [-0.05, 0) is 28.7 Å². The highest BCUT2D eigenvalue weighted by atomic mass is 35.5. The van der Waals surface area contributed by atoms with Crippen molar-refractivity contribution in [1.82, 2.24) is 5.32 Å². The summed E-state index contributed by atoms with van der Waals surface area (Å²) in [4.78, 5) is 10.2. The summed E-state index contributed by atoms with van der Waals surface area (Å²) in [6.45, 7) is -0.982. The molecular weight excluding hydrogens is 440 g/mol. The molecule has 0 saturated carbocycles. The van der Waals surface area contributed by atoms with Crippen LogP contribution < -0.4 is 5.32 Å². The Kier molecular flexibility index (Phi) is 8.46. The monoisotopic (exact) mass is 461 g/mol. The molecule has 0 aromatic heterocycles. The van der Waals surface area contributed by atoms with Crippen molar-refractivity contribution < 1.29 is 22.7 Å². The van der Waals surface area contributed by atoms with Gasteiger partial charge in [-0.2, -0.15) is 0 Å². The predicted octanol–water partition coefficient (Wildman–Crippen LogP) is 3.23. The minimum atomic E-state index is -3.01. The van der Waals surface area contributed by atoms with Crippen molar-refractivity contribution in [3.8, 4) is 11.1 Å². The van der Waals surface area contributed by atoms with Gasteiger partial charge in [0.05, 0.1) is 11.8 Å². The molecule has 29 heavy (non-hydrogen) atoms. The molecule has 0 fully saturated rings. The van der Waals surface area contributed by atoms with Crippen molar-refractivity contribution in [2.24, 2.45) is 0 Å². The Morgan fingerprint density at radius 2 is 1.59 bits per heavy atom. The van der Waals surface area contributed by atoms with Gasteiger partial charge in [-0.1, -0.05) is 71.7 Å². The number of alkyl halides is 3. The van der Waals surface area contributed by atoms with Gasteiger partial charge in [0.2, 0.25) is 0 Å². The van der Waals surface area contributed by atoms with Crippen molar-refractivity contribution in [2.45, 2.75) is 23.4 Å². The van der Waals surface area contributed by atoms with Crippen LogP contribution in [0.1, 0.15) is 17.2 Å². The normalized spacial score (nSPS) is 13.9. The molecule has 0 aliphatic heterocycles. The topological polar surface area (TPSA) is 83.5 Å². The lowest BCUT2D eigenvalue weighted by molar-refractivity contribution is -0.121. The van der Waals surface area contributed by atoms with E-state index in [9.17, 15) is 22.7 Å². The van der Waals surface area contributed by atoms with Crippen LogP contribution in [0.3, 0.4) is 0 Å². The van der Waals surface area contributed by atoms with Crippen LogP contribution in [0.2, 0.25) is 0 Å². The molecular formula is C20H22Cl2FNO4S. The molecule has 0 radical (unpaired) electrons. The fourth-order valence-electron chi connectivity index (χ4n) is 2.72. The Morgan fingerprint density at radius 3 is 2.03 bits per heavy atom. The van der Waals surface area contributed by atoms with Gasteiger partial charge in [-0.3, -0.25) is 4.79 Å². The molecule has 2 aromatic carbocycles. The van der Waals surface area contributed by atoms with Crippen LogP contribution in [-0.2, 0) is 21.1 Å². The van der Waals surface area contributed by atoms with Crippen molar-refractivity contribution in [3.63, 3.8) is 0 Å². The third-order valence-corrected chi connectivity index (χ3v) is 5.72. The number of halogens is 3. The first-order chi connectivity index (χ1) is 13.6. The molecule has 2 N–H and O–H groups in total. The van der Waals surface area contributed by atoms with Gasteiger partial charge in [0, 0.05) is 6.26 Å². The second-order valence-corrected chi connectivity index (χ2v) is 10.1. The molecule has 0 aliphatic rings. The summed E-state index contributed by atoms with van der Waals surface area (Å²) >= 11 is 10.9. The van der Waals surface area contributed by atoms with E-state index in [-0.39, 0.29) is 5.75 Å². The number of rotatable bonds is 9. The standard InChI is InChI=1S/C20H22Cl2FNO4S/c1-29(27,28)11-10-13-2-4-14(5-3-13)15-6-8-16(9-7-15)18(25)17(12-23)24-20(26)19(21)22/h2-9,17-19,25H,10-12H2,1H3,(H,24,26)/t17-,18-/m1/s1. The Balaban J connectivity index is 2.08. The lowest BCUT2D eigenvalue weighted by atomic mass is 9.98. The maximum atomic E-state index is 13.2. The molecule has 0 aliphatic carbocycles. The van der Waals surface area contributed by atoms with Crippen molar-refractivity contribution in [3.05, 3.63) is 59.7 Å². The highest BCUT2D eigenvalue weighted by Gasteiger charge is 2.25. The number of hydrogen-bond acceptors (Lipinski definition) is 4. The Morgan fingerprint density at radius 1 is 1.07 bits per heavy atom. The molecule has 5 nitrogen and oxygen atoms in total. The summed E-state index contributed by atoms with van der Waals surface area (Å²) in [6, 6.07) is 13.2. The first-order valence-electron chi connectivity index (χ1n) is 8.80. The van der Waals surface area contributed by atoms with E-state index in [2.05, 4.69) is 5.32 Å². The molecule has 0 saturated heterocycles. The molecule has 2 rings (SSSR count). The lowest BCUT2D eigenvalue weighted by Gasteiger charge is -2.22. The number of hydrogen-bond donors (Lipinski definition) is 2. The maximum absolute atomic E-state index is 13.2. The second-order valence-electron chi connectivity index (χ2n) is 6.71. The van der Waals surface area contributed by atoms with Gasteiger partial charge < -0.3 is 10.4 Å². The molecule has 0 bridgehead atoms. The first-order valence-corrected chi connectivity index (χ1v) is 11.7. The van der Waals surface area contributed by atoms with E-state index >= 15 is 0 Å². The van der Waals surface area contributed by atoms with E-state index in [4.69, 9.17) is 23.2 Å². The van der Waals surface area contributed by atoms with Gasteiger partial charge in [0.25, 0.3) is 5.91 Å². The van der Waals surface area contributed by atoms with Crippen molar-refractivity contribution in [2.75, 3.05) is 18.7 Å².